The van der Waals surface area contributed by atoms with Gasteiger partial charge in [0.05, 0.1) is 0 Å². The van der Waals surface area contributed by atoms with Crippen molar-refractivity contribution in [2.75, 3.05) is 26.4 Å². The van der Waals surface area contributed by atoms with Crippen LogP contribution in [0.4, 0.5) is 0 Å². The highest BCUT2D eigenvalue weighted by atomic mass is 16.5. The van der Waals surface area contributed by atoms with Crippen molar-refractivity contribution in [1.82, 2.24) is 5.32 Å². The number of rotatable bonds is 6. The van der Waals surface area contributed by atoms with Gasteiger partial charge in [0.15, 0.2) is 6.61 Å². The zero-order valence-corrected chi connectivity index (χ0v) is 11.5. The van der Waals surface area contributed by atoms with Crippen LogP contribution in [0.3, 0.4) is 0 Å². The van der Waals surface area contributed by atoms with Crippen LogP contribution >= 0.6 is 0 Å². The van der Waals surface area contributed by atoms with Crippen molar-refractivity contribution in [3.63, 3.8) is 0 Å². The average Bonchev–Trinajstić information content (AvgIpc) is 2.48. The Morgan fingerprint density at radius 2 is 2.00 bits per heavy atom. The third kappa shape index (κ3) is 4.83. The monoisotopic (exact) mass is 279 g/mol. The van der Waals surface area contributed by atoms with E-state index in [4.69, 9.17) is 14.6 Å². The number of amides is 1. The van der Waals surface area contributed by atoms with Crippen molar-refractivity contribution in [2.24, 2.45) is 0 Å². The van der Waals surface area contributed by atoms with E-state index in [9.17, 15) is 4.79 Å². The van der Waals surface area contributed by atoms with Crippen LogP contribution in [0, 0.1) is 0 Å². The van der Waals surface area contributed by atoms with E-state index in [2.05, 4.69) is 5.32 Å². The zero-order valence-electron chi connectivity index (χ0n) is 11.5. The summed E-state index contributed by atoms with van der Waals surface area (Å²) in [6.07, 6.45) is 2.35. The molecule has 1 fully saturated rings. The molecule has 0 spiro atoms. The lowest BCUT2D eigenvalue weighted by molar-refractivity contribution is -0.124. The molecule has 0 aliphatic carbocycles. The Balaban J connectivity index is 1.72. The molecule has 0 saturated carbocycles. The second kappa shape index (κ2) is 7.87. The minimum atomic E-state index is -0.101. The number of aliphatic hydroxyl groups is 1. The number of hydrogen-bond acceptors (Lipinski definition) is 4. The van der Waals surface area contributed by atoms with Gasteiger partial charge in [0.25, 0.3) is 5.91 Å². The summed E-state index contributed by atoms with van der Waals surface area (Å²) in [4.78, 5) is 11.7. The highest BCUT2D eigenvalue weighted by Crippen LogP contribution is 2.12. The van der Waals surface area contributed by atoms with Gasteiger partial charge in [-0.05, 0) is 37.0 Å². The molecule has 1 aromatic rings. The van der Waals surface area contributed by atoms with Gasteiger partial charge in [-0.3, -0.25) is 4.79 Å². The summed E-state index contributed by atoms with van der Waals surface area (Å²) in [7, 11) is 0. The molecule has 0 unspecified atom stereocenters. The fraction of sp³-hybridized carbons (Fsp3) is 0.533. The summed E-state index contributed by atoms with van der Waals surface area (Å²) in [5.41, 5.74) is 1.05. The maximum absolute atomic E-state index is 11.7. The van der Waals surface area contributed by atoms with Crippen LogP contribution in [-0.2, 0) is 16.0 Å². The van der Waals surface area contributed by atoms with Crippen molar-refractivity contribution in [3.8, 4) is 5.75 Å². The van der Waals surface area contributed by atoms with E-state index in [0.29, 0.717) is 25.4 Å². The Labute approximate surface area is 118 Å². The first-order valence-corrected chi connectivity index (χ1v) is 6.97. The third-order valence-corrected chi connectivity index (χ3v) is 3.28. The van der Waals surface area contributed by atoms with E-state index >= 15 is 0 Å². The number of hydrogen-bond donors (Lipinski definition) is 2. The Bertz CT molecular complexity index is 412. The molecule has 1 aliphatic heterocycles. The molecular weight excluding hydrogens is 258 g/mol. The molecule has 1 aliphatic rings. The number of carbonyl (C=O) groups excluding carboxylic acids is 1. The van der Waals surface area contributed by atoms with E-state index < -0.39 is 0 Å². The van der Waals surface area contributed by atoms with Gasteiger partial charge in [-0.1, -0.05) is 12.1 Å². The van der Waals surface area contributed by atoms with Gasteiger partial charge in [0, 0.05) is 25.9 Å². The van der Waals surface area contributed by atoms with Gasteiger partial charge >= 0.3 is 0 Å². The first-order valence-electron chi connectivity index (χ1n) is 6.97. The lowest BCUT2D eigenvalue weighted by Crippen LogP contribution is -2.41. The van der Waals surface area contributed by atoms with Crippen LogP contribution in [0.5, 0.6) is 5.75 Å². The van der Waals surface area contributed by atoms with Gasteiger partial charge < -0.3 is 19.9 Å². The fourth-order valence-corrected chi connectivity index (χ4v) is 2.14. The van der Waals surface area contributed by atoms with Crippen LogP contribution in [0.25, 0.3) is 0 Å². The summed E-state index contributed by atoms with van der Waals surface area (Å²) < 4.78 is 10.7. The van der Waals surface area contributed by atoms with Crippen LogP contribution in [0.1, 0.15) is 18.4 Å². The molecule has 0 aromatic heterocycles. The fourth-order valence-electron chi connectivity index (χ4n) is 2.14. The minimum absolute atomic E-state index is 0.0245. The number of ether oxygens (including phenoxy) is 2. The maximum atomic E-state index is 11.7. The van der Waals surface area contributed by atoms with E-state index in [0.717, 1.165) is 18.4 Å². The highest BCUT2D eigenvalue weighted by Gasteiger charge is 2.16. The van der Waals surface area contributed by atoms with Gasteiger partial charge in [-0.25, -0.2) is 0 Å². The second-order valence-corrected chi connectivity index (χ2v) is 4.86. The van der Waals surface area contributed by atoms with Crippen molar-refractivity contribution >= 4 is 5.91 Å². The van der Waals surface area contributed by atoms with Gasteiger partial charge in [0.2, 0.25) is 0 Å². The number of benzene rings is 1. The quantitative estimate of drug-likeness (QED) is 0.811. The maximum Gasteiger partial charge on any atom is 0.258 e. The third-order valence-electron chi connectivity index (χ3n) is 3.28. The number of aliphatic hydroxyl groups excluding tert-OH is 1. The molecule has 0 radical (unpaired) electrons. The second-order valence-electron chi connectivity index (χ2n) is 4.86. The van der Waals surface area contributed by atoms with E-state index in [1.54, 1.807) is 0 Å². The smallest absolute Gasteiger partial charge is 0.258 e. The predicted molar refractivity (Wildman–Crippen MR) is 74.7 cm³/mol. The number of nitrogens with one attached hydrogen (secondary N) is 1. The zero-order chi connectivity index (χ0) is 14.2. The molecule has 2 N–H and O–H groups in total. The Morgan fingerprint density at radius 1 is 1.30 bits per heavy atom. The first kappa shape index (κ1) is 14.8. The highest BCUT2D eigenvalue weighted by molar-refractivity contribution is 5.77. The molecule has 20 heavy (non-hydrogen) atoms. The predicted octanol–water partition coefficient (Wildman–Crippen LogP) is 0.895. The lowest BCUT2D eigenvalue weighted by atomic mass is 10.1. The van der Waals surface area contributed by atoms with E-state index in [1.165, 1.54) is 0 Å². The van der Waals surface area contributed by atoms with Crippen LogP contribution < -0.4 is 10.1 Å². The molecule has 1 amide bonds. The molecule has 1 aromatic carbocycles. The van der Waals surface area contributed by atoms with Crippen molar-refractivity contribution in [3.05, 3.63) is 29.8 Å². The molecule has 110 valence electrons. The van der Waals surface area contributed by atoms with Crippen molar-refractivity contribution < 1.29 is 19.4 Å². The summed E-state index contributed by atoms with van der Waals surface area (Å²) >= 11 is 0. The van der Waals surface area contributed by atoms with Crippen LogP contribution in [0.15, 0.2) is 24.3 Å². The molecule has 5 nitrogen and oxygen atoms in total. The summed E-state index contributed by atoms with van der Waals surface area (Å²) in [5.74, 6) is 0.560. The van der Waals surface area contributed by atoms with Gasteiger partial charge in [-0.2, -0.15) is 0 Å². The SMILES string of the molecule is O=C(COc1ccc(CCO)cc1)NC1CCOCC1. The molecule has 0 bridgehead atoms. The van der Waals surface area contributed by atoms with Crippen molar-refractivity contribution in [1.29, 1.82) is 0 Å². The Kier molecular flexibility index (Phi) is 5.83. The first-order chi connectivity index (χ1) is 9.78. The summed E-state index contributed by atoms with van der Waals surface area (Å²) in [6, 6.07) is 7.61. The largest absolute Gasteiger partial charge is 0.484 e. The van der Waals surface area contributed by atoms with Gasteiger partial charge in [0.1, 0.15) is 5.75 Å². The molecule has 2 rings (SSSR count). The molecule has 5 heteroatoms. The van der Waals surface area contributed by atoms with Crippen molar-refractivity contribution in [2.45, 2.75) is 25.3 Å². The molecule has 0 atom stereocenters. The van der Waals surface area contributed by atoms with E-state index in [-0.39, 0.29) is 25.2 Å². The Hall–Kier alpha value is -1.59. The van der Waals surface area contributed by atoms with Crippen LogP contribution in [0.2, 0.25) is 0 Å². The minimum Gasteiger partial charge on any atom is -0.484 e. The molecular formula is C15H21NO4. The molecule has 1 heterocycles. The summed E-state index contributed by atoms with van der Waals surface area (Å²) in [6.45, 7) is 1.57. The standard InChI is InChI=1S/C15H21NO4/c17-8-5-12-1-3-14(4-2-12)20-11-15(18)16-13-6-9-19-10-7-13/h1-4,13,17H,5-11H2,(H,16,18). The average molecular weight is 279 g/mol. The van der Waals surface area contributed by atoms with Gasteiger partial charge in [-0.15, -0.1) is 0 Å². The van der Waals surface area contributed by atoms with E-state index in [1.807, 2.05) is 24.3 Å². The lowest BCUT2D eigenvalue weighted by Gasteiger charge is -2.23. The Morgan fingerprint density at radius 3 is 2.65 bits per heavy atom. The topological polar surface area (TPSA) is 67.8 Å². The normalized spacial score (nSPS) is 15.8. The number of carbonyl (C=O) groups is 1. The molecule has 1 saturated heterocycles. The summed E-state index contributed by atoms with van der Waals surface area (Å²) in [5, 5.41) is 11.8. The van der Waals surface area contributed by atoms with Crippen LogP contribution in [-0.4, -0.2) is 43.5 Å².